The zero-order valence-corrected chi connectivity index (χ0v) is 12.5. The van der Waals surface area contributed by atoms with E-state index in [2.05, 4.69) is 37.6 Å². The summed E-state index contributed by atoms with van der Waals surface area (Å²) in [6, 6.07) is 2.21. The fourth-order valence-corrected chi connectivity index (χ4v) is 2.81. The van der Waals surface area contributed by atoms with Crippen molar-refractivity contribution in [3.63, 3.8) is 0 Å². The zero-order valence-electron chi connectivity index (χ0n) is 12.5. The van der Waals surface area contributed by atoms with E-state index in [4.69, 9.17) is 0 Å². The van der Waals surface area contributed by atoms with Gasteiger partial charge in [-0.1, -0.05) is 12.8 Å². The first-order valence-corrected chi connectivity index (χ1v) is 7.46. The van der Waals surface area contributed by atoms with Gasteiger partial charge in [0.1, 0.15) is 0 Å². The van der Waals surface area contributed by atoms with E-state index in [0.29, 0.717) is 29.8 Å². The standard InChI is InChI=1S/C14H21N7/c1-10(11-6-3-4-7-11)17-13-18-12(15-2)19-14(20-13)21-9-5-8-16-21/h5,8-11H,3-4,6-7H2,1-2H3,(H2,15,17,18,19,20). The molecule has 3 rings (SSSR count). The summed E-state index contributed by atoms with van der Waals surface area (Å²) in [4.78, 5) is 13.2. The van der Waals surface area contributed by atoms with Crippen molar-refractivity contribution in [1.29, 1.82) is 0 Å². The molecule has 21 heavy (non-hydrogen) atoms. The van der Waals surface area contributed by atoms with Crippen LogP contribution < -0.4 is 10.6 Å². The Morgan fingerprint density at radius 3 is 2.62 bits per heavy atom. The van der Waals surface area contributed by atoms with Gasteiger partial charge in [0.25, 0.3) is 5.95 Å². The maximum absolute atomic E-state index is 4.46. The molecule has 0 saturated heterocycles. The Kier molecular flexibility index (Phi) is 3.98. The van der Waals surface area contributed by atoms with Crippen LogP contribution in [0, 0.1) is 5.92 Å². The fourth-order valence-electron chi connectivity index (χ4n) is 2.81. The van der Waals surface area contributed by atoms with Crippen molar-refractivity contribution in [2.45, 2.75) is 38.6 Å². The van der Waals surface area contributed by atoms with E-state index in [-0.39, 0.29) is 0 Å². The highest BCUT2D eigenvalue weighted by Gasteiger charge is 2.22. The van der Waals surface area contributed by atoms with Gasteiger partial charge in [0, 0.05) is 25.5 Å². The number of aromatic nitrogens is 5. The lowest BCUT2D eigenvalue weighted by Crippen LogP contribution is -2.25. The molecule has 1 unspecified atom stereocenters. The molecule has 2 aromatic heterocycles. The van der Waals surface area contributed by atoms with Crippen molar-refractivity contribution < 1.29 is 0 Å². The Morgan fingerprint density at radius 1 is 1.19 bits per heavy atom. The molecule has 0 aromatic carbocycles. The van der Waals surface area contributed by atoms with Gasteiger partial charge in [0.05, 0.1) is 0 Å². The van der Waals surface area contributed by atoms with E-state index in [1.807, 2.05) is 12.3 Å². The fraction of sp³-hybridized carbons (Fsp3) is 0.571. The molecule has 1 saturated carbocycles. The molecule has 0 aliphatic heterocycles. The Bertz CT molecular complexity index is 575. The minimum atomic E-state index is 0.366. The molecule has 7 heteroatoms. The topological polar surface area (TPSA) is 80.5 Å². The second-order valence-electron chi connectivity index (χ2n) is 5.46. The highest BCUT2D eigenvalue weighted by atomic mass is 15.4. The van der Waals surface area contributed by atoms with Crippen LogP contribution >= 0.6 is 0 Å². The molecule has 112 valence electrons. The number of hydrogen-bond acceptors (Lipinski definition) is 6. The molecule has 7 nitrogen and oxygen atoms in total. The van der Waals surface area contributed by atoms with Gasteiger partial charge in [-0.25, -0.2) is 4.68 Å². The van der Waals surface area contributed by atoms with Crippen molar-refractivity contribution >= 4 is 11.9 Å². The molecule has 0 spiro atoms. The molecule has 1 atom stereocenters. The highest BCUT2D eigenvalue weighted by molar-refractivity contribution is 5.38. The number of anilines is 2. The summed E-state index contributed by atoms with van der Waals surface area (Å²) in [6.45, 7) is 2.20. The van der Waals surface area contributed by atoms with Crippen LogP contribution in [0.4, 0.5) is 11.9 Å². The Labute approximate surface area is 124 Å². The molecule has 2 aromatic rings. The third-order valence-electron chi connectivity index (χ3n) is 4.02. The van der Waals surface area contributed by atoms with E-state index < -0.39 is 0 Å². The normalized spacial score (nSPS) is 16.9. The van der Waals surface area contributed by atoms with Crippen LogP contribution in [0.25, 0.3) is 5.95 Å². The first-order valence-electron chi connectivity index (χ1n) is 7.46. The van der Waals surface area contributed by atoms with E-state index in [1.165, 1.54) is 25.7 Å². The van der Waals surface area contributed by atoms with Gasteiger partial charge in [-0.3, -0.25) is 0 Å². The number of nitrogens with zero attached hydrogens (tertiary/aromatic N) is 5. The largest absolute Gasteiger partial charge is 0.357 e. The molecule has 0 bridgehead atoms. The van der Waals surface area contributed by atoms with E-state index in [1.54, 1.807) is 17.9 Å². The van der Waals surface area contributed by atoms with Crippen molar-refractivity contribution in [2.75, 3.05) is 17.7 Å². The zero-order chi connectivity index (χ0) is 14.7. The lowest BCUT2D eigenvalue weighted by Gasteiger charge is -2.20. The Hall–Kier alpha value is -2.18. The summed E-state index contributed by atoms with van der Waals surface area (Å²) in [5.41, 5.74) is 0. The predicted octanol–water partition coefficient (Wildman–Crippen LogP) is 2.09. The summed E-state index contributed by atoms with van der Waals surface area (Å²) >= 11 is 0. The Balaban J connectivity index is 1.82. The average Bonchev–Trinajstić information content (AvgIpc) is 3.19. The number of nitrogens with one attached hydrogen (secondary N) is 2. The van der Waals surface area contributed by atoms with Crippen molar-refractivity contribution in [1.82, 2.24) is 24.7 Å². The molecule has 0 amide bonds. The number of hydrogen-bond donors (Lipinski definition) is 2. The van der Waals surface area contributed by atoms with E-state index in [0.717, 1.165) is 0 Å². The molecular weight excluding hydrogens is 266 g/mol. The van der Waals surface area contributed by atoms with Crippen molar-refractivity contribution in [3.8, 4) is 5.95 Å². The van der Waals surface area contributed by atoms with Crippen LogP contribution in [0.1, 0.15) is 32.6 Å². The van der Waals surface area contributed by atoms with Crippen LogP contribution in [0.2, 0.25) is 0 Å². The van der Waals surface area contributed by atoms with Gasteiger partial charge in [-0.05, 0) is 31.7 Å². The lowest BCUT2D eigenvalue weighted by molar-refractivity contribution is 0.479. The van der Waals surface area contributed by atoms with E-state index >= 15 is 0 Å². The SMILES string of the molecule is CNc1nc(NC(C)C2CCCC2)nc(-n2cccn2)n1. The van der Waals surface area contributed by atoms with Gasteiger partial charge >= 0.3 is 0 Å². The maximum Gasteiger partial charge on any atom is 0.257 e. The molecule has 1 fully saturated rings. The van der Waals surface area contributed by atoms with Crippen LogP contribution in [0.5, 0.6) is 0 Å². The summed E-state index contributed by atoms with van der Waals surface area (Å²) in [7, 11) is 1.80. The minimum Gasteiger partial charge on any atom is -0.357 e. The smallest absolute Gasteiger partial charge is 0.257 e. The minimum absolute atomic E-state index is 0.366. The average molecular weight is 287 g/mol. The van der Waals surface area contributed by atoms with Crippen LogP contribution in [0.15, 0.2) is 18.5 Å². The van der Waals surface area contributed by atoms with Crippen molar-refractivity contribution in [2.24, 2.45) is 5.92 Å². The summed E-state index contributed by atoms with van der Waals surface area (Å²) in [5.74, 6) is 2.35. The third-order valence-corrected chi connectivity index (χ3v) is 4.02. The van der Waals surface area contributed by atoms with Gasteiger partial charge in [0.2, 0.25) is 11.9 Å². The highest BCUT2D eigenvalue weighted by Crippen LogP contribution is 2.28. The van der Waals surface area contributed by atoms with Gasteiger partial charge in [0.15, 0.2) is 0 Å². The monoisotopic (exact) mass is 287 g/mol. The molecule has 2 heterocycles. The van der Waals surface area contributed by atoms with Crippen LogP contribution in [-0.4, -0.2) is 37.8 Å². The lowest BCUT2D eigenvalue weighted by atomic mass is 10.0. The molecule has 1 aliphatic rings. The summed E-state index contributed by atoms with van der Waals surface area (Å²) < 4.78 is 1.63. The van der Waals surface area contributed by atoms with Crippen LogP contribution in [-0.2, 0) is 0 Å². The first-order chi connectivity index (χ1) is 10.3. The van der Waals surface area contributed by atoms with Gasteiger partial charge < -0.3 is 10.6 Å². The molecule has 2 N–H and O–H groups in total. The number of rotatable bonds is 5. The molecule has 0 radical (unpaired) electrons. The van der Waals surface area contributed by atoms with Gasteiger partial charge in [-0.15, -0.1) is 0 Å². The predicted molar refractivity (Wildman–Crippen MR) is 81.5 cm³/mol. The summed E-state index contributed by atoms with van der Waals surface area (Å²) in [5, 5.41) is 10.6. The van der Waals surface area contributed by atoms with E-state index in [9.17, 15) is 0 Å². The quantitative estimate of drug-likeness (QED) is 0.876. The molecule has 1 aliphatic carbocycles. The van der Waals surface area contributed by atoms with Crippen LogP contribution in [0.3, 0.4) is 0 Å². The second kappa shape index (κ2) is 6.07. The Morgan fingerprint density at radius 2 is 1.95 bits per heavy atom. The first kappa shape index (κ1) is 13.8. The second-order valence-corrected chi connectivity index (χ2v) is 5.46. The van der Waals surface area contributed by atoms with Crippen molar-refractivity contribution in [3.05, 3.63) is 18.5 Å². The maximum atomic E-state index is 4.46. The third kappa shape index (κ3) is 3.12. The molecular formula is C14H21N7. The summed E-state index contributed by atoms with van der Waals surface area (Å²) in [6.07, 6.45) is 8.74. The van der Waals surface area contributed by atoms with Gasteiger partial charge in [-0.2, -0.15) is 20.1 Å².